The van der Waals surface area contributed by atoms with Crippen LogP contribution in [0.3, 0.4) is 0 Å². The van der Waals surface area contributed by atoms with Crippen molar-refractivity contribution in [2.24, 2.45) is 0 Å². The molecule has 166 valence electrons. The van der Waals surface area contributed by atoms with Crippen LogP contribution in [0.25, 0.3) is 10.8 Å². The van der Waals surface area contributed by atoms with Gasteiger partial charge in [-0.2, -0.15) is 22.0 Å². The Hall–Kier alpha value is -2.88. The van der Waals surface area contributed by atoms with E-state index in [1.165, 1.54) is 49.6 Å². The molecule has 0 heterocycles. The molecule has 0 fully saturated rings. The van der Waals surface area contributed by atoms with Gasteiger partial charge in [0.1, 0.15) is 11.8 Å². The van der Waals surface area contributed by atoms with E-state index in [-0.39, 0.29) is 16.0 Å². The lowest BCUT2D eigenvalue weighted by atomic mass is 10.1. The molecular weight excluding hydrogens is 441 g/mol. The van der Waals surface area contributed by atoms with Gasteiger partial charge in [-0.05, 0) is 35.7 Å². The fourth-order valence-corrected chi connectivity index (χ4v) is 4.82. The summed E-state index contributed by atoms with van der Waals surface area (Å²) in [6, 6.07) is 12.9. The molecule has 0 spiro atoms. The number of ether oxygens (including phenoxy) is 1. The minimum absolute atomic E-state index is 0.108. The van der Waals surface area contributed by atoms with Gasteiger partial charge < -0.3 is 10.1 Å². The third-order valence-electron chi connectivity index (χ3n) is 4.72. The van der Waals surface area contributed by atoms with Crippen LogP contribution in [0.4, 0.5) is 27.6 Å². The molecular formula is C21H18F5NO3S. The van der Waals surface area contributed by atoms with Crippen LogP contribution >= 0.6 is 0 Å². The van der Waals surface area contributed by atoms with Crippen molar-refractivity contribution >= 4 is 26.3 Å². The maximum absolute atomic E-state index is 14.3. The molecule has 31 heavy (non-hydrogen) atoms. The van der Waals surface area contributed by atoms with Crippen LogP contribution in [-0.2, 0) is 9.84 Å². The lowest BCUT2D eigenvalue weighted by Crippen LogP contribution is -2.53. The van der Waals surface area contributed by atoms with E-state index in [2.05, 4.69) is 0 Å². The maximum atomic E-state index is 14.3. The predicted octanol–water partition coefficient (Wildman–Crippen LogP) is 5.30. The number of sulfone groups is 1. The van der Waals surface area contributed by atoms with Crippen molar-refractivity contribution in [3.63, 3.8) is 0 Å². The summed E-state index contributed by atoms with van der Waals surface area (Å²) in [5.41, 5.74) is -0.108. The molecule has 0 unspecified atom stereocenters. The molecule has 3 aromatic carbocycles. The van der Waals surface area contributed by atoms with Crippen LogP contribution in [0.5, 0.6) is 5.75 Å². The largest absolute Gasteiger partial charge is 0.497 e. The normalized spacial score (nSPS) is 13.7. The van der Waals surface area contributed by atoms with Gasteiger partial charge in [-0.1, -0.05) is 36.4 Å². The van der Waals surface area contributed by atoms with Crippen molar-refractivity contribution in [1.29, 1.82) is 0 Å². The topological polar surface area (TPSA) is 55.4 Å². The second kappa shape index (κ2) is 8.33. The fraction of sp³-hybridized carbons (Fsp3) is 0.238. The van der Waals surface area contributed by atoms with E-state index in [1.807, 2.05) is 5.32 Å². The standard InChI is InChI=1S/C21H18F5NO3S/c1-30-16-11-9-15(10-12-16)27-19(20(22,23)21(24,25)26)13-31(28,29)18-8-4-6-14-5-2-3-7-17(14)18/h2-12,19,27H,13H2,1H3/t19-/m1/s1. The number of hydrogen-bond donors (Lipinski definition) is 1. The van der Waals surface area contributed by atoms with E-state index in [4.69, 9.17) is 4.74 Å². The van der Waals surface area contributed by atoms with Crippen molar-refractivity contribution in [1.82, 2.24) is 0 Å². The molecule has 0 aromatic heterocycles. The van der Waals surface area contributed by atoms with Crippen molar-refractivity contribution in [3.05, 3.63) is 66.7 Å². The first kappa shape index (κ1) is 22.8. The Morgan fingerprint density at radius 3 is 2.13 bits per heavy atom. The Morgan fingerprint density at radius 2 is 1.52 bits per heavy atom. The second-order valence-electron chi connectivity index (χ2n) is 6.80. The average Bonchev–Trinajstić information content (AvgIpc) is 2.72. The molecule has 1 N–H and O–H groups in total. The first-order valence-electron chi connectivity index (χ1n) is 9.01. The SMILES string of the molecule is COc1ccc(N[C@H](CS(=O)(=O)c2cccc3ccccc23)C(F)(F)C(F)(F)F)cc1. The zero-order chi connectivity index (χ0) is 22.9. The lowest BCUT2D eigenvalue weighted by molar-refractivity contribution is -0.285. The summed E-state index contributed by atoms with van der Waals surface area (Å²) in [4.78, 5) is -0.315. The van der Waals surface area contributed by atoms with Crippen molar-refractivity contribution in [2.45, 2.75) is 23.0 Å². The summed E-state index contributed by atoms with van der Waals surface area (Å²) in [6.45, 7) is 0. The quantitative estimate of drug-likeness (QED) is 0.487. The first-order valence-corrected chi connectivity index (χ1v) is 10.7. The van der Waals surface area contributed by atoms with Gasteiger partial charge in [0.05, 0.1) is 17.8 Å². The van der Waals surface area contributed by atoms with E-state index in [0.29, 0.717) is 11.1 Å². The number of rotatable bonds is 7. The summed E-state index contributed by atoms with van der Waals surface area (Å²) in [7, 11) is -3.17. The van der Waals surface area contributed by atoms with Gasteiger partial charge >= 0.3 is 12.1 Å². The van der Waals surface area contributed by atoms with Crippen molar-refractivity contribution in [2.75, 3.05) is 18.2 Å². The number of anilines is 1. The van der Waals surface area contributed by atoms with Gasteiger partial charge in [-0.3, -0.25) is 0 Å². The van der Waals surface area contributed by atoms with E-state index >= 15 is 0 Å². The van der Waals surface area contributed by atoms with E-state index in [1.54, 1.807) is 24.3 Å². The molecule has 3 rings (SSSR count). The monoisotopic (exact) mass is 459 g/mol. The zero-order valence-electron chi connectivity index (χ0n) is 16.2. The molecule has 0 bridgehead atoms. The molecule has 4 nitrogen and oxygen atoms in total. The Bertz CT molecular complexity index is 1160. The summed E-state index contributed by atoms with van der Waals surface area (Å²) in [6.07, 6.45) is -5.95. The van der Waals surface area contributed by atoms with Crippen LogP contribution in [0.2, 0.25) is 0 Å². The molecule has 0 saturated carbocycles. The number of benzene rings is 3. The summed E-state index contributed by atoms with van der Waals surface area (Å²) in [5, 5.41) is 2.81. The second-order valence-corrected chi connectivity index (χ2v) is 8.81. The van der Waals surface area contributed by atoms with Crippen LogP contribution in [0.15, 0.2) is 71.6 Å². The highest BCUT2D eigenvalue weighted by atomic mass is 32.2. The van der Waals surface area contributed by atoms with Gasteiger partial charge in [0.2, 0.25) is 0 Å². The van der Waals surface area contributed by atoms with Crippen LogP contribution in [0, 0.1) is 0 Å². The number of methoxy groups -OCH3 is 1. The number of fused-ring (bicyclic) bond motifs is 1. The Morgan fingerprint density at radius 1 is 0.903 bits per heavy atom. The highest BCUT2D eigenvalue weighted by molar-refractivity contribution is 7.91. The highest BCUT2D eigenvalue weighted by Gasteiger charge is 2.63. The van der Waals surface area contributed by atoms with E-state index in [0.717, 1.165) is 0 Å². The zero-order valence-corrected chi connectivity index (χ0v) is 17.0. The average molecular weight is 459 g/mol. The fourth-order valence-electron chi connectivity index (χ4n) is 3.10. The molecule has 10 heteroatoms. The number of halogens is 5. The summed E-state index contributed by atoms with van der Waals surface area (Å²) in [5.74, 6) is -6.43. The smallest absolute Gasteiger partial charge is 0.455 e. The van der Waals surface area contributed by atoms with Crippen LogP contribution in [-0.4, -0.2) is 39.4 Å². The molecule has 0 aliphatic heterocycles. The minimum Gasteiger partial charge on any atom is -0.497 e. The van der Waals surface area contributed by atoms with Gasteiger partial charge in [-0.15, -0.1) is 0 Å². The van der Waals surface area contributed by atoms with Gasteiger partial charge in [0, 0.05) is 11.1 Å². The molecule has 3 aromatic rings. The maximum Gasteiger partial charge on any atom is 0.455 e. The molecule has 0 saturated heterocycles. The Balaban J connectivity index is 2.02. The Kier molecular flexibility index (Phi) is 6.13. The number of nitrogens with one attached hydrogen (secondary N) is 1. The van der Waals surface area contributed by atoms with Gasteiger partial charge in [0.25, 0.3) is 0 Å². The molecule has 0 aliphatic carbocycles. The van der Waals surface area contributed by atoms with E-state index in [9.17, 15) is 30.4 Å². The number of alkyl halides is 5. The number of hydrogen-bond acceptors (Lipinski definition) is 4. The lowest BCUT2D eigenvalue weighted by Gasteiger charge is -2.30. The van der Waals surface area contributed by atoms with Crippen molar-refractivity contribution in [3.8, 4) is 5.75 Å². The van der Waals surface area contributed by atoms with Gasteiger partial charge in [0.15, 0.2) is 9.84 Å². The van der Waals surface area contributed by atoms with Crippen LogP contribution < -0.4 is 10.1 Å². The van der Waals surface area contributed by atoms with Crippen molar-refractivity contribution < 1.29 is 35.1 Å². The third-order valence-corrected chi connectivity index (χ3v) is 6.52. The van der Waals surface area contributed by atoms with Gasteiger partial charge in [-0.25, -0.2) is 8.42 Å². The molecule has 0 amide bonds. The van der Waals surface area contributed by atoms with E-state index < -0.39 is 33.7 Å². The first-order chi connectivity index (χ1) is 14.5. The third kappa shape index (κ3) is 4.73. The molecule has 1 atom stereocenters. The highest BCUT2D eigenvalue weighted by Crippen LogP contribution is 2.40. The summed E-state index contributed by atoms with van der Waals surface area (Å²) >= 11 is 0. The Labute approximate surface area is 175 Å². The summed E-state index contributed by atoms with van der Waals surface area (Å²) < 4.78 is 98.9. The minimum atomic E-state index is -5.95. The molecule has 0 radical (unpaired) electrons. The molecule has 0 aliphatic rings. The van der Waals surface area contributed by atoms with Crippen LogP contribution in [0.1, 0.15) is 0 Å². The predicted molar refractivity (Wildman–Crippen MR) is 107 cm³/mol.